The molecule has 0 spiro atoms. The van der Waals surface area contributed by atoms with E-state index in [0.29, 0.717) is 0 Å². The van der Waals surface area contributed by atoms with Gasteiger partial charge in [-0.25, -0.2) is 0 Å². The molecule has 34 heavy (non-hydrogen) atoms. The van der Waals surface area contributed by atoms with Gasteiger partial charge in [0.25, 0.3) is 0 Å². The maximum absolute atomic E-state index is 13.1. The molecule has 6 heteroatoms. The summed E-state index contributed by atoms with van der Waals surface area (Å²) in [4.78, 5) is 20.0. The van der Waals surface area contributed by atoms with Crippen molar-refractivity contribution in [3.8, 4) is 5.75 Å². The van der Waals surface area contributed by atoms with Crippen molar-refractivity contribution in [3.05, 3.63) is 65.2 Å². The Kier molecular flexibility index (Phi) is 8.59. The van der Waals surface area contributed by atoms with Crippen LogP contribution < -0.4 is 10.5 Å². The number of piperidine rings is 1. The highest BCUT2D eigenvalue weighted by Crippen LogP contribution is 2.23. The van der Waals surface area contributed by atoms with Gasteiger partial charge < -0.3 is 20.3 Å². The summed E-state index contributed by atoms with van der Waals surface area (Å²) in [6.07, 6.45) is 3.10. The smallest absolute Gasteiger partial charge is 0.239 e. The maximum atomic E-state index is 13.1. The van der Waals surface area contributed by atoms with E-state index in [0.717, 1.165) is 77.4 Å². The molecule has 2 saturated heterocycles. The first-order valence-corrected chi connectivity index (χ1v) is 12.7. The molecule has 2 aliphatic heterocycles. The van der Waals surface area contributed by atoms with E-state index in [1.165, 1.54) is 16.7 Å². The van der Waals surface area contributed by atoms with Crippen molar-refractivity contribution < 1.29 is 9.53 Å². The van der Waals surface area contributed by atoms with Gasteiger partial charge in [-0.1, -0.05) is 42.5 Å². The summed E-state index contributed by atoms with van der Waals surface area (Å²) in [6.45, 7) is 9.41. The molecular weight excluding hydrogens is 424 g/mol. The number of carbonyl (C=O) groups excluding carboxylic acids is 1. The number of hydrogen-bond acceptors (Lipinski definition) is 5. The Labute approximate surface area is 204 Å². The third-order valence-electron chi connectivity index (χ3n) is 7.65. The molecule has 184 valence electrons. The summed E-state index contributed by atoms with van der Waals surface area (Å²) < 4.78 is 5.48. The fourth-order valence-corrected chi connectivity index (χ4v) is 5.32. The Hall–Kier alpha value is -2.41. The topological polar surface area (TPSA) is 62.0 Å². The molecule has 2 N–H and O–H groups in total. The van der Waals surface area contributed by atoms with Crippen molar-refractivity contribution in [2.75, 3.05) is 52.9 Å². The van der Waals surface area contributed by atoms with E-state index in [1.807, 2.05) is 23.1 Å². The Bertz CT molecular complexity index is 934. The number of likely N-dealkylation sites (tertiary alicyclic amines) is 1. The zero-order chi connectivity index (χ0) is 23.9. The lowest BCUT2D eigenvalue weighted by atomic mass is 9.88. The second-order valence-corrected chi connectivity index (χ2v) is 9.79. The summed E-state index contributed by atoms with van der Waals surface area (Å²) in [5.41, 5.74) is 10.5. The Morgan fingerprint density at radius 2 is 1.59 bits per heavy atom. The van der Waals surface area contributed by atoms with Crippen LogP contribution in [0.5, 0.6) is 5.75 Å². The Morgan fingerprint density at radius 3 is 2.26 bits per heavy atom. The third kappa shape index (κ3) is 6.17. The molecule has 0 unspecified atom stereocenters. The second kappa shape index (κ2) is 11.8. The normalized spacial score (nSPS) is 19.2. The number of para-hydroxylation sites is 1. The van der Waals surface area contributed by atoms with Gasteiger partial charge in [-0.3, -0.25) is 9.69 Å². The molecule has 0 bridgehead atoms. The molecule has 0 radical (unpaired) electrons. The van der Waals surface area contributed by atoms with Crippen molar-refractivity contribution in [1.82, 2.24) is 14.7 Å². The van der Waals surface area contributed by atoms with Gasteiger partial charge in [-0.2, -0.15) is 0 Å². The van der Waals surface area contributed by atoms with Crippen LogP contribution in [0.2, 0.25) is 0 Å². The van der Waals surface area contributed by atoms with Crippen LogP contribution in [0, 0.1) is 12.8 Å². The van der Waals surface area contributed by atoms with Crippen molar-refractivity contribution in [2.24, 2.45) is 11.7 Å². The lowest BCUT2D eigenvalue weighted by Gasteiger charge is -2.39. The number of ether oxygens (including phenoxy) is 1. The van der Waals surface area contributed by atoms with Gasteiger partial charge >= 0.3 is 0 Å². The highest BCUT2D eigenvalue weighted by Gasteiger charge is 2.32. The fraction of sp³-hybridized carbons (Fsp3) is 0.536. The molecule has 4 rings (SSSR count). The number of carbonyl (C=O) groups is 1. The minimum Gasteiger partial charge on any atom is -0.496 e. The van der Waals surface area contributed by atoms with E-state index in [-0.39, 0.29) is 17.9 Å². The summed E-state index contributed by atoms with van der Waals surface area (Å²) in [6, 6.07) is 16.4. The lowest BCUT2D eigenvalue weighted by Crippen LogP contribution is -2.55. The SMILES string of the molecule is COc1ccccc1CN1CCN(C(=O)[C@H](N)C2CCN(CCc3ccccc3C)CC2)CC1. The third-order valence-corrected chi connectivity index (χ3v) is 7.65. The number of nitrogens with zero attached hydrogens (tertiary/aromatic N) is 3. The molecule has 2 heterocycles. The van der Waals surface area contributed by atoms with Gasteiger partial charge in [-0.15, -0.1) is 0 Å². The Balaban J connectivity index is 1.19. The number of rotatable bonds is 8. The van der Waals surface area contributed by atoms with Crippen LogP contribution >= 0.6 is 0 Å². The number of hydrogen-bond donors (Lipinski definition) is 1. The first-order valence-electron chi connectivity index (χ1n) is 12.7. The maximum Gasteiger partial charge on any atom is 0.239 e. The van der Waals surface area contributed by atoms with E-state index in [1.54, 1.807) is 7.11 Å². The van der Waals surface area contributed by atoms with E-state index < -0.39 is 0 Å². The molecule has 2 fully saturated rings. The molecule has 2 aliphatic rings. The minimum absolute atomic E-state index is 0.135. The van der Waals surface area contributed by atoms with Gasteiger partial charge in [-0.05, 0) is 62.4 Å². The van der Waals surface area contributed by atoms with Crippen molar-refractivity contribution in [3.63, 3.8) is 0 Å². The van der Waals surface area contributed by atoms with Crippen LogP contribution in [0.15, 0.2) is 48.5 Å². The zero-order valence-corrected chi connectivity index (χ0v) is 20.8. The lowest BCUT2D eigenvalue weighted by molar-refractivity contribution is -0.136. The van der Waals surface area contributed by atoms with Gasteiger partial charge in [0.15, 0.2) is 0 Å². The Morgan fingerprint density at radius 1 is 0.941 bits per heavy atom. The molecule has 2 aromatic carbocycles. The summed E-state index contributed by atoms with van der Waals surface area (Å²) in [5, 5.41) is 0. The average molecular weight is 465 g/mol. The molecule has 1 amide bonds. The van der Waals surface area contributed by atoms with Crippen molar-refractivity contribution >= 4 is 5.91 Å². The van der Waals surface area contributed by atoms with Crippen molar-refractivity contribution in [2.45, 2.75) is 38.8 Å². The number of methoxy groups -OCH3 is 1. The van der Waals surface area contributed by atoms with Crippen LogP contribution in [-0.4, -0.2) is 79.6 Å². The first-order chi connectivity index (χ1) is 16.5. The van der Waals surface area contributed by atoms with E-state index in [9.17, 15) is 4.79 Å². The van der Waals surface area contributed by atoms with E-state index in [2.05, 4.69) is 47.1 Å². The molecule has 0 aromatic heterocycles. The van der Waals surface area contributed by atoms with E-state index in [4.69, 9.17) is 10.5 Å². The molecule has 6 nitrogen and oxygen atoms in total. The number of amides is 1. The van der Waals surface area contributed by atoms with Crippen LogP contribution in [-0.2, 0) is 17.8 Å². The van der Waals surface area contributed by atoms with Gasteiger partial charge in [0.05, 0.1) is 13.2 Å². The summed E-state index contributed by atoms with van der Waals surface area (Å²) in [7, 11) is 1.71. The van der Waals surface area contributed by atoms with Gasteiger partial charge in [0.2, 0.25) is 5.91 Å². The highest BCUT2D eigenvalue weighted by molar-refractivity contribution is 5.82. The molecule has 1 atom stereocenters. The average Bonchev–Trinajstić information content (AvgIpc) is 2.88. The second-order valence-electron chi connectivity index (χ2n) is 9.79. The van der Waals surface area contributed by atoms with Crippen LogP contribution in [0.4, 0.5) is 0 Å². The standard InChI is InChI=1S/C28H40N4O2/c1-22-7-3-4-8-23(22)11-14-30-15-12-24(13-16-30)27(29)28(33)32-19-17-31(18-20-32)21-25-9-5-6-10-26(25)34-2/h3-10,24,27H,11-21,29H2,1-2H3/t27-/m1/s1. The molecule has 0 saturated carbocycles. The highest BCUT2D eigenvalue weighted by atomic mass is 16.5. The monoisotopic (exact) mass is 464 g/mol. The van der Waals surface area contributed by atoms with Crippen LogP contribution in [0.3, 0.4) is 0 Å². The zero-order valence-electron chi connectivity index (χ0n) is 20.8. The largest absolute Gasteiger partial charge is 0.496 e. The minimum atomic E-state index is -0.376. The van der Waals surface area contributed by atoms with Crippen LogP contribution in [0.1, 0.15) is 29.5 Å². The molecular formula is C28H40N4O2. The predicted molar refractivity (Wildman–Crippen MR) is 137 cm³/mol. The quantitative estimate of drug-likeness (QED) is 0.651. The number of nitrogens with two attached hydrogens (primary N) is 1. The molecule has 2 aromatic rings. The van der Waals surface area contributed by atoms with Crippen molar-refractivity contribution in [1.29, 1.82) is 0 Å². The van der Waals surface area contributed by atoms with Gasteiger partial charge in [0, 0.05) is 44.8 Å². The summed E-state index contributed by atoms with van der Waals surface area (Å²) in [5.74, 6) is 1.34. The fourth-order valence-electron chi connectivity index (χ4n) is 5.32. The van der Waals surface area contributed by atoms with Gasteiger partial charge in [0.1, 0.15) is 5.75 Å². The van der Waals surface area contributed by atoms with E-state index >= 15 is 0 Å². The summed E-state index contributed by atoms with van der Waals surface area (Å²) >= 11 is 0. The number of piperazine rings is 1. The molecule has 0 aliphatic carbocycles. The van der Waals surface area contributed by atoms with Crippen LogP contribution in [0.25, 0.3) is 0 Å². The first kappa shape index (κ1) is 24.7. The number of benzene rings is 2. The predicted octanol–water partition coefficient (Wildman–Crippen LogP) is 2.93. The number of aryl methyl sites for hydroxylation is 1.